The monoisotopic (exact) mass is 150 g/mol. The molecule has 0 saturated carbocycles. The Kier molecular flexibility index (Phi) is 3.39. The first kappa shape index (κ1) is 7.99. The van der Waals surface area contributed by atoms with Crippen molar-refractivity contribution in [3.05, 3.63) is 48.3 Å². The van der Waals surface area contributed by atoms with Crippen molar-refractivity contribution in [1.29, 1.82) is 0 Å². The molecule has 11 heavy (non-hydrogen) atoms. The Balaban J connectivity index is 2.39. The van der Waals surface area contributed by atoms with Crippen LogP contribution in [0.15, 0.2) is 42.7 Å². The molecule has 0 aliphatic heterocycles. The number of benzene rings is 1. The van der Waals surface area contributed by atoms with E-state index in [1.165, 1.54) is 11.6 Å². The zero-order chi connectivity index (χ0) is 7.94. The SMILES string of the molecule is FC=CCCc1ccccc1. The van der Waals surface area contributed by atoms with Crippen LogP contribution in [0.2, 0.25) is 0 Å². The van der Waals surface area contributed by atoms with Crippen molar-refractivity contribution in [3.8, 4) is 0 Å². The molecule has 0 atom stereocenters. The molecule has 0 spiro atoms. The molecule has 0 aliphatic carbocycles. The number of halogens is 1. The van der Waals surface area contributed by atoms with Gasteiger partial charge in [-0.2, -0.15) is 0 Å². The molecule has 0 aliphatic rings. The minimum atomic E-state index is 0.600. The summed E-state index contributed by atoms with van der Waals surface area (Å²) in [6.07, 6.45) is 3.83. The third kappa shape index (κ3) is 2.99. The lowest BCUT2D eigenvalue weighted by Gasteiger charge is -1.94. The van der Waals surface area contributed by atoms with Crippen LogP contribution in [-0.2, 0) is 6.42 Å². The Hall–Kier alpha value is -1.11. The fourth-order valence-corrected chi connectivity index (χ4v) is 0.958. The summed E-state index contributed by atoms with van der Waals surface area (Å²) in [5.41, 5.74) is 1.26. The Bertz CT molecular complexity index is 214. The first-order valence-electron chi connectivity index (χ1n) is 3.72. The number of aryl methyl sites for hydroxylation is 1. The predicted octanol–water partition coefficient (Wildman–Crippen LogP) is 3.10. The van der Waals surface area contributed by atoms with E-state index in [0.29, 0.717) is 6.33 Å². The van der Waals surface area contributed by atoms with Gasteiger partial charge in [0.05, 0.1) is 6.33 Å². The molecule has 0 saturated heterocycles. The van der Waals surface area contributed by atoms with Crippen LogP contribution in [-0.4, -0.2) is 0 Å². The van der Waals surface area contributed by atoms with Crippen molar-refractivity contribution in [2.24, 2.45) is 0 Å². The molecule has 0 radical (unpaired) electrons. The van der Waals surface area contributed by atoms with E-state index in [1.807, 2.05) is 30.3 Å². The summed E-state index contributed by atoms with van der Waals surface area (Å²) >= 11 is 0. The average Bonchev–Trinajstić information content (AvgIpc) is 2.07. The van der Waals surface area contributed by atoms with Crippen molar-refractivity contribution in [1.82, 2.24) is 0 Å². The molecule has 0 N–H and O–H groups in total. The minimum absolute atomic E-state index is 0.600. The molecule has 0 heterocycles. The predicted molar refractivity (Wildman–Crippen MR) is 45.0 cm³/mol. The summed E-state index contributed by atoms with van der Waals surface area (Å²) in [6.45, 7) is 0. The van der Waals surface area contributed by atoms with Crippen molar-refractivity contribution < 1.29 is 4.39 Å². The highest BCUT2D eigenvalue weighted by Gasteiger charge is 1.86. The lowest BCUT2D eigenvalue weighted by atomic mass is 10.1. The minimum Gasteiger partial charge on any atom is -0.216 e. The van der Waals surface area contributed by atoms with Crippen molar-refractivity contribution in [2.75, 3.05) is 0 Å². The summed E-state index contributed by atoms with van der Waals surface area (Å²) in [6, 6.07) is 10.1. The van der Waals surface area contributed by atoms with Gasteiger partial charge in [0.25, 0.3) is 0 Å². The van der Waals surface area contributed by atoms with Crippen LogP contribution in [0.3, 0.4) is 0 Å². The van der Waals surface area contributed by atoms with E-state index in [1.54, 1.807) is 0 Å². The zero-order valence-electron chi connectivity index (χ0n) is 6.33. The molecule has 0 unspecified atom stereocenters. The standard InChI is InChI=1S/C10H11F/c11-9-5-4-8-10-6-2-1-3-7-10/h1-3,5-7,9H,4,8H2. The lowest BCUT2D eigenvalue weighted by molar-refractivity contribution is 0.713. The maximum absolute atomic E-state index is 11.5. The highest BCUT2D eigenvalue weighted by atomic mass is 19.1. The van der Waals surface area contributed by atoms with Gasteiger partial charge in [-0.3, -0.25) is 0 Å². The quantitative estimate of drug-likeness (QED) is 0.621. The second-order valence-electron chi connectivity index (χ2n) is 2.39. The zero-order valence-corrected chi connectivity index (χ0v) is 6.33. The second-order valence-corrected chi connectivity index (χ2v) is 2.39. The first-order valence-corrected chi connectivity index (χ1v) is 3.72. The summed E-state index contributed by atoms with van der Waals surface area (Å²) in [5, 5.41) is 0. The van der Waals surface area contributed by atoms with Gasteiger partial charge in [-0.25, -0.2) is 4.39 Å². The van der Waals surface area contributed by atoms with E-state index in [4.69, 9.17) is 0 Å². The number of hydrogen-bond donors (Lipinski definition) is 0. The van der Waals surface area contributed by atoms with E-state index in [2.05, 4.69) is 0 Å². The summed E-state index contributed by atoms with van der Waals surface area (Å²) in [7, 11) is 0. The highest BCUT2D eigenvalue weighted by Crippen LogP contribution is 2.02. The maximum Gasteiger partial charge on any atom is 0.0827 e. The average molecular weight is 150 g/mol. The van der Waals surface area contributed by atoms with Gasteiger partial charge in [0, 0.05) is 0 Å². The van der Waals surface area contributed by atoms with Crippen LogP contribution in [0.5, 0.6) is 0 Å². The largest absolute Gasteiger partial charge is 0.216 e. The van der Waals surface area contributed by atoms with Gasteiger partial charge in [-0.05, 0) is 18.4 Å². The normalized spacial score (nSPS) is 10.6. The van der Waals surface area contributed by atoms with Crippen molar-refractivity contribution in [3.63, 3.8) is 0 Å². The van der Waals surface area contributed by atoms with Crippen LogP contribution in [0, 0.1) is 0 Å². The van der Waals surface area contributed by atoms with E-state index in [9.17, 15) is 4.39 Å². The van der Waals surface area contributed by atoms with E-state index in [-0.39, 0.29) is 0 Å². The molecular formula is C10H11F. The molecule has 58 valence electrons. The van der Waals surface area contributed by atoms with Gasteiger partial charge in [0.2, 0.25) is 0 Å². The van der Waals surface area contributed by atoms with Crippen molar-refractivity contribution >= 4 is 0 Å². The first-order chi connectivity index (χ1) is 5.43. The van der Waals surface area contributed by atoms with Crippen LogP contribution in [0.4, 0.5) is 4.39 Å². The molecule has 0 nitrogen and oxygen atoms in total. The lowest BCUT2D eigenvalue weighted by Crippen LogP contribution is -1.80. The van der Waals surface area contributed by atoms with Crippen LogP contribution in [0.25, 0.3) is 0 Å². The Morgan fingerprint density at radius 3 is 2.55 bits per heavy atom. The topological polar surface area (TPSA) is 0 Å². The third-order valence-corrected chi connectivity index (χ3v) is 1.53. The van der Waals surface area contributed by atoms with Gasteiger partial charge < -0.3 is 0 Å². The Labute approximate surface area is 66.4 Å². The van der Waals surface area contributed by atoms with Crippen LogP contribution >= 0.6 is 0 Å². The molecule has 1 aromatic rings. The van der Waals surface area contributed by atoms with Gasteiger partial charge in [-0.1, -0.05) is 36.4 Å². The maximum atomic E-state index is 11.5. The number of hydrogen-bond acceptors (Lipinski definition) is 0. The summed E-state index contributed by atoms with van der Waals surface area (Å²) in [5.74, 6) is 0. The second kappa shape index (κ2) is 4.67. The number of allylic oxidation sites excluding steroid dienone is 1. The van der Waals surface area contributed by atoms with Crippen LogP contribution < -0.4 is 0 Å². The highest BCUT2D eigenvalue weighted by molar-refractivity contribution is 5.15. The van der Waals surface area contributed by atoms with E-state index < -0.39 is 0 Å². The third-order valence-electron chi connectivity index (χ3n) is 1.53. The summed E-state index contributed by atoms with van der Waals surface area (Å²) < 4.78 is 11.5. The molecule has 0 fully saturated rings. The molecule has 1 heteroatoms. The number of rotatable bonds is 3. The van der Waals surface area contributed by atoms with Crippen LogP contribution in [0.1, 0.15) is 12.0 Å². The van der Waals surface area contributed by atoms with Crippen molar-refractivity contribution in [2.45, 2.75) is 12.8 Å². The van der Waals surface area contributed by atoms with Gasteiger partial charge >= 0.3 is 0 Å². The fraction of sp³-hybridized carbons (Fsp3) is 0.200. The molecule has 0 aromatic heterocycles. The molecule has 1 aromatic carbocycles. The Morgan fingerprint density at radius 1 is 1.18 bits per heavy atom. The smallest absolute Gasteiger partial charge is 0.0827 e. The van der Waals surface area contributed by atoms with Gasteiger partial charge in [0.15, 0.2) is 0 Å². The van der Waals surface area contributed by atoms with Gasteiger partial charge in [-0.15, -0.1) is 0 Å². The molecule has 0 bridgehead atoms. The molecular weight excluding hydrogens is 139 g/mol. The molecule has 1 rings (SSSR count). The summed E-state index contributed by atoms with van der Waals surface area (Å²) in [4.78, 5) is 0. The fourth-order valence-electron chi connectivity index (χ4n) is 0.958. The van der Waals surface area contributed by atoms with E-state index >= 15 is 0 Å². The molecule has 0 amide bonds. The van der Waals surface area contributed by atoms with E-state index in [0.717, 1.165) is 12.8 Å². The Morgan fingerprint density at radius 2 is 1.91 bits per heavy atom. The van der Waals surface area contributed by atoms with Gasteiger partial charge in [0.1, 0.15) is 0 Å².